The molecular formula is C18H35N7. The third-order valence-electron chi connectivity index (χ3n) is 4.73. The number of rotatable bonds is 7. The Morgan fingerprint density at radius 3 is 2.76 bits per heavy atom. The highest BCUT2D eigenvalue weighted by Gasteiger charge is 2.21. The first-order valence-corrected chi connectivity index (χ1v) is 9.41. The molecule has 1 aromatic rings. The van der Waals surface area contributed by atoms with E-state index in [0.717, 1.165) is 63.9 Å². The molecule has 0 aromatic carbocycles. The van der Waals surface area contributed by atoms with Gasteiger partial charge >= 0.3 is 0 Å². The van der Waals surface area contributed by atoms with Gasteiger partial charge < -0.3 is 15.5 Å². The van der Waals surface area contributed by atoms with E-state index < -0.39 is 0 Å². The summed E-state index contributed by atoms with van der Waals surface area (Å²) in [4.78, 5) is 9.59. The van der Waals surface area contributed by atoms with Crippen molar-refractivity contribution in [1.29, 1.82) is 0 Å². The van der Waals surface area contributed by atoms with Crippen LogP contribution >= 0.6 is 0 Å². The highest BCUT2D eigenvalue weighted by molar-refractivity contribution is 5.79. The molecule has 2 N–H and O–H groups in total. The molecule has 1 aromatic heterocycles. The van der Waals surface area contributed by atoms with Crippen LogP contribution in [0.2, 0.25) is 0 Å². The lowest BCUT2D eigenvalue weighted by Crippen LogP contribution is -2.51. The third-order valence-corrected chi connectivity index (χ3v) is 4.73. The first-order chi connectivity index (χ1) is 12.0. The van der Waals surface area contributed by atoms with Crippen LogP contribution in [0.25, 0.3) is 0 Å². The normalized spacial score (nSPS) is 20.0. The zero-order chi connectivity index (χ0) is 18.2. The molecule has 142 valence electrons. The Labute approximate surface area is 152 Å². The van der Waals surface area contributed by atoms with E-state index in [1.54, 1.807) is 0 Å². The lowest BCUT2D eigenvalue weighted by atomic mass is 10.2. The van der Waals surface area contributed by atoms with E-state index in [1.807, 2.05) is 6.92 Å². The summed E-state index contributed by atoms with van der Waals surface area (Å²) < 4.78 is 2.08. The van der Waals surface area contributed by atoms with E-state index in [1.165, 1.54) is 5.69 Å². The average molecular weight is 350 g/mol. The summed E-state index contributed by atoms with van der Waals surface area (Å²) >= 11 is 0. The minimum Gasteiger partial charge on any atom is -0.357 e. The molecule has 1 fully saturated rings. The molecule has 1 atom stereocenters. The van der Waals surface area contributed by atoms with Crippen LogP contribution in [0.4, 0.5) is 0 Å². The average Bonchev–Trinajstić information content (AvgIpc) is 2.89. The Kier molecular flexibility index (Phi) is 7.71. The van der Waals surface area contributed by atoms with E-state index in [2.05, 4.69) is 64.2 Å². The van der Waals surface area contributed by atoms with E-state index in [9.17, 15) is 0 Å². The second-order valence-electron chi connectivity index (χ2n) is 7.05. The van der Waals surface area contributed by atoms with Crippen LogP contribution in [0.3, 0.4) is 0 Å². The molecule has 0 spiro atoms. The van der Waals surface area contributed by atoms with Gasteiger partial charge in [0.2, 0.25) is 0 Å². The maximum absolute atomic E-state index is 4.79. The molecule has 0 amide bonds. The fraction of sp³-hybridized carbons (Fsp3) is 0.778. The van der Waals surface area contributed by atoms with Crippen molar-refractivity contribution >= 4 is 5.96 Å². The predicted molar refractivity (Wildman–Crippen MR) is 104 cm³/mol. The van der Waals surface area contributed by atoms with Crippen molar-refractivity contribution in [3.05, 3.63) is 17.5 Å². The highest BCUT2D eigenvalue weighted by Crippen LogP contribution is 2.06. The summed E-state index contributed by atoms with van der Waals surface area (Å²) in [5.74, 6) is 0.914. The Bertz CT molecular complexity index is 552. The smallest absolute Gasteiger partial charge is 0.191 e. The Morgan fingerprint density at radius 2 is 2.08 bits per heavy atom. The van der Waals surface area contributed by atoms with Crippen LogP contribution in [0.5, 0.6) is 0 Å². The number of aromatic nitrogens is 2. The number of aliphatic imine (C=N–C) groups is 1. The van der Waals surface area contributed by atoms with Gasteiger partial charge in [0.15, 0.2) is 5.96 Å². The molecule has 0 radical (unpaired) electrons. The number of aryl methyl sites for hydroxylation is 3. The molecule has 1 aliphatic rings. The van der Waals surface area contributed by atoms with Gasteiger partial charge in [-0.05, 0) is 47.4 Å². The third kappa shape index (κ3) is 6.32. The summed E-state index contributed by atoms with van der Waals surface area (Å²) in [6.07, 6.45) is 1.03. The highest BCUT2D eigenvalue weighted by atomic mass is 15.3. The maximum atomic E-state index is 4.79. The molecule has 2 heterocycles. The quantitative estimate of drug-likeness (QED) is 0.431. The Balaban J connectivity index is 1.78. The number of nitrogens with zero attached hydrogens (tertiary/aromatic N) is 5. The van der Waals surface area contributed by atoms with Gasteiger partial charge in [-0.15, -0.1) is 0 Å². The molecule has 0 saturated carbocycles. The molecule has 0 bridgehead atoms. The van der Waals surface area contributed by atoms with Gasteiger partial charge in [0, 0.05) is 51.0 Å². The standard InChI is InChI=1S/C18H35N7/c1-6-19-18(21-13-17-14-23(4)10-11-24(17)5)20-8-7-9-25-16(3)12-15(2)22-25/h12,17H,6-11,13-14H2,1-5H3,(H2,19,20,21). The molecule has 7 heteroatoms. The second kappa shape index (κ2) is 9.77. The van der Waals surface area contributed by atoms with Crippen molar-refractivity contribution in [3.8, 4) is 0 Å². The summed E-state index contributed by atoms with van der Waals surface area (Å²) in [5, 5.41) is 11.3. The van der Waals surface area contributed by atoms with Crippen LogP contribution in [0, 0.1) is 13.8 Å². The van der Waals surface area contributed by atoms with Crippen molar-refractivity contribution in [2.24, 2.45) is 4.99 Å². The fourth-order valence-corrected chi connectivity index (χ4v) is 3.17. The molecule has 7 nitrogen and oxygen atoms in total. The van der Waals surface area contributed by atoms with Crippen molar-refractivity contribution in [2.45, 2.75) is 39.8 Å². The number of guanidine groups is 1. The minimum absolute atomic E-state index is 0.490. The van der Waals surface area contributed by atoms with E-state index >= 15 is 0 Å². The largest absolute Gasteiger partial charge is 0.357 e. The SMILES string of the molecule is CCNC(=NCC1CN(C)CCN1C)NCCCn1nc(C)cc1C. The Morgan fingerprint density at radius 1 is 1.28 bits per heavy atom. The summed E-state index contributed by atoms with van der Waals surface area (Å²) in [6.45, 7) is 13.1. The Hall–Kier alpha value is -1.60. The first-order valence-electron chi connectivity index (χ1n) is 9.41. The summed E-state index contributed by atoms with van der Waals surface area (Å²) in [7, 11) is 4.38. The minimum atomic E-state index is 0.490. The number of likely N-dealkylation sites (N-methyl/N-ethyl adjacent to an activating group) is 2. The van der Waals surface area contributed by atoms with Gasteiger partial charge in [-0.25, -0.2) is 0 Å². The van der Waals surface area contributed by atoms with Gasteiger partial charge in [-0.2, -0.15) is 5.10 Å². The zero-order valence-electron chi connectivity index (χ0n) is 16.5. The van der Waals surface area contributed by atoms with E-state index in [4.69, 9.17) is 4.99 Å². The molecule has 25 heavy (non-hydrogen) atoms. The van der Waals surface area contributed by atoms with E-state index in [0.29, 0.717) is 6.04 Å². The van der Waals surface area contributed by atoms with Gasteiger partial charge in [0.1, 0.15) is 0 Å². The lowest BCUT2D eigenvalue weighted by Gasteiger charge is -2.36. The molecule has 1 unspecified atom stereocenters. The first kappa shape index (κ1) is 19.7. The second-order valence-corrected chi connectivity index (χ2v) is 7.05. The van der Waals surface area contributed by atoms with E-state index in [-0.39, 0.29) is 0 Å². The van der Waals surface area contributed by atoms with Crippen molar-refractivity contribution in [3.63, 3.8) is 0 Å². The summed E-state index contributed by atoms with van der Waals surface area (Å²) in [6, 6.07) is 2.61. The maximum Gasteiger partial charge on any atom is 0.191 e. The van der Waals surface area contributed by atoms with Crippen molar-refractivity contribution in [2.75, 3.05) is 53.4 Å². The zero-order valence-corrected chi connectivity index (χ0v) is 16.5. The van der Waals surface area contributed by atoms with Gasteiger partial charge in [-0.3, -0.25) is 14.6 Å². The van der Waals surface area contributed by atoms with Crippen LogP contribution < -0.4 is 10.6 Å². The molecule has 2 rings (SSSR count). The van der Waals surface area contributed by atoms with Crippen LogP contribution in [0.1, 0.15) is 24.7 Å². The molecular weight excluding hydrogens is 314 g/mol. The monoisotopic (exact) mass is 349 g/mol. The number of piperazine rings is 1. The number of hydrogen-bond acceptors (Lipinski definition) is 4. The van der Waals surface area contributed by atoms with Gasteiger partial charge in [0.25, 0.3) is 0 Å². The molecule has 1 aliphatic heterocycles. The van der Waals surface area contributed by atoms with Crippen molar-refractivity contribution < 1.29 is 0 Å². The molecule has 0 aliphatic carbocycles. The van der Waals surface area contributed by atoms with Gasteiger partial charge in [0.05, 0.1) is 12.2 Å². The predicted octanol–water partition coefficient (Wildman–Crippen LogP) is 0.691. The molecule has 1 saturated heterocycles. The van der Waals surface area contributed by atoms with Crippen LogP contribution in [0.15, 0.2) is 11.1 Å². The lowest BCUT2D eigenvalue weighted by molar-refractivity contribution is 0.119. The topological polar surface area (TPSA) is 60.7 Å². The van der Waals surface area contributed by atoms with Crippen molar-refractivity contribution in [1.82, 2.24) is 30.2 Å². The fourth-order valence-electron chi connectivity index (χ4n) is 3.17. The number of nitrogens with one attached hydrogen (secondary N) is 2. The van der Waals surface area contributed by atoms with Crippen LogP contribution in [-0.2, 0) is 6.54 Å². The van der Waals surface area contributed by atoms with Gasteiger partial charge in [-0.1, -0.05) is 0 Å². The number of hydrogen-bond donors (Lipinski definition) is 2. The summed E-state index contributed by atoms with van der Waals surface area (Å²) in [5.41, 5.74) is 2.31. The van der Waals surface area contributed by atoms with Crippen LogP contribution in [-0.4, -0.2) is 84.9 Å².